The van der Waals surface area contributed by atoms with Gasteiger partial charge in [0.05, 0.1) is 18.2 Å². The number of hydrogen-bond acceptors (Lipinski definition) is 3. The Morgan fingerprint density at radius 1 is 1.56 bits per heavy atom. The van der Waals surface area contributed by atoms with Crippen LogP contribution in [0.4, 0.5) is 0 Å². The van der Waals surface area contributed by atoms with E-state index in [9.17, 15) is 9.59 Å². The van der Waals surface area contributed by atoms with Gasteiger partial charge in [-0.05, 0) is 18.1 Å². The molecule has 1 amide bonds. The first-order chi connectivity index (χ1) is 8.60. The number of carboxylic acids is 1. The molecule has 0 saturated carbocycles. The van der Waals surface area contributed by atoms with Gasteiger partial charge in [0.1, 0.15) is 0 Å². The van der Waals surface area contributed by atoms with Gasteiger partial charge in [-0.15, -0.1) is 0 Å². The first kappa shape index (κ1) is 12.5. The number of aromatic nitrogens is 1. The second-order valence-electron chi connectivity index (χ2n) is 4.52. The Balaban J connectivity index is 2.01. The van der Waals surface area contributed by atoms with Crippen molar-refractivity contribution in [3.05, 3.63) is 29.6 Å². The van der Waals surface area contributed by atoms with E-state index < -0.39 is 11.9 Å². The Morgan fingerprint density at radius 2 is 2.33 bits per heavy atom. The van der Waals surface area contributed by atoms with E-state index in [1.807, 2.05) is 12.1 Å². The topological polar surface area (TPSA) is 70.5 Å². The molecule has 1 aliphatic rings. The minimum absolute atomic E-state index is 0.0996. The normalized spacial score (nSPS) is 19.3. The van der Waals surface area contributed by atoms with Crippen molar-refractivity contribution in [2.75, 3.05) is 6.54 Å². The third-order valence-corrected chi connectivity index (χ3v) is 3.21. The second kappa shape index (κ2) is 5.16. The van der Waals surface area contributed by atoms with Gasteiger partial charge in [0, 0.05) is 19.2 Å². The van der Waals surface area contributed by atoms with Crippen molar-refractivity contribution in [1.29, 1.82) is 0 Å². The number of nitrogens with zero attached hydrogens (tertiary/aromatic N) is 2. The Kier molecular flexibility index (Phi) is 3.60. The summed E-state index contributed by atoms with van der Waals surface area (Å²) in [5.74, 6) is -1.59. The van der Waals surface area contributed by atoms with Crippen LogP contribution in [0.5, 0.6) is 0 Å². The molecule has 2 heterocycles. The van der Waals surface area contributed by atoms with E-state index in [2.05, 4.69) is 11.9 Å². The molecule has 0 radical (unpaired) electrons. The highest BCUT2D eigenvalue weighted by Crippen LogP contribution is 2.19. The number of hydrogen-bond donors (Lipinski definition) is 1. The molecule has 1 aliphatic heterocycles. The number of likely N-dealkylation sites (tertiary alicyclic amines) is 1. The maximum Gasteiger partial charge on any atom is 0.308 e. The van der Waals surface area contributed by atoms with E-state index in [0.717, 1.165) is 17.7 Å². The Labute approximate surface area is 105 Å². The van der Waals surface area contributed by atoms with Crippen molar-refractivity contribution in [3.8, 4) is 0 Å². The quantitative estimate of drug-likeness (QED) is 0.865. The van der Waals surface area contributed by atoms with Crippen molar-refractivity contribution >= 4 is 11.9 Å². The van der Waals surface area contributed by atoms with Gasteiger partial charge in [-0.2, -0.15) is 0 Å². The highest BCUT2D eigenvalue weighted by molar-refractivity contribution is 5.86. The zero-order valence-electron chi connectivity index (χ0n) is 10.3. The van der Waals surface area contributed by atoms with E-state index in [4.69, 9.17) is 5.11 Å². The van der Waals surface area contributed by atoms with Crippen LogP contribution in [0.15, 0.2) is 18.3 Å². The molecule has 0 aliphatic carbocycles. The highest BCUT2D eigenvalue weighted by Gasteiger charge is 2.34. The first-order valence-electron chi connectivity index (χ1n) is 6.04. The van der Waals surface area contributed by atoms with Gasteiger partial charge in [-0.25, -0.2) is 0 Å². The molecule has 1 saturated heterocycles. The molecule has 1 aromatic heterocycles. The summed E-state index contributed by atoms with van der Waals surface area (Å²) in [5, 5.41) is 8.89. The maximum atomic E-state index is 11.7. The van der Waals surface area contributed by atoms with Crippen LogP contribution in [0.1, 0.15) is 24.6 Å². The van der Waals surface area contributed by atoms with Crippen molar-refractivity contribution in [2.24, 2.45) is 5.92 Å². The highest BCUT2D eigenvalue weighted by atomic mass is 16.4. The minimum Gasteiger partial charge on any atom is -0.481 e. The number of aryl methyl sites for hydroxylation is 1. The molecule has 0 bridgehead atoms. The third-order valence-electron chi connectivity index (χ3n) is 3.21. The van der Waals surface area contributed by atoms with Crippen LogP contribution < -0.4 is 0 Å². The van der Waals surface area contributed by atoms with Gasteiger partial charge in [0.2, 0.25) is 5.91 Å². The van der Waals surface area contributed by atoms with Crippen LogP contribution in [0.25, 0.3) is 0 Å². The van der Waals surface area contributed by atoms with Gasteiger partial charge in [-0.3, -0.25) is 14.6 Å². The number of amides is 1. The van der Waals surface area contributed by atoms with E-state index >= 15 is 0 Å². The largest absolute Gasteiger partial charge is 0.481 e. The van der Waals surface area contributed by atoms with Crippen LogP contribution in [-0.2, 0) is 22.6 Å². The molecule has 1 fully saturated rings. The number of carbonyl (C=O) groups is 2. The predicted molar refractivity (Wildman–Crippen MR) is 64.8 cm³/mol. The van der Waals surface area contributed by atoms with E-state index in [1.165, 1.54) is 0 Å². The predicted octanol–water partition coefficient (Wildman–Crippen LogP) is 1.08. The SMILES string of the molecule is CCc1ccc(CN2C[C@H](C(=O)O)CC2=O)nc1. The molecule has 1 atom stereocenters. The van der Waals surface area contributed by atoms with Gasteiger partial charge in [0.15, 0.2) is 0 Å². The Bertz CT molecular complexity index is 456. The summed E-state index contributed by atoms with van der Waals surface area (Å²) in [7, 11) is 0. The van der Waals surface area contributed by atoms with Gasteiger partial charge in [-0.1, -0.05) is 13.0 Å². The molecule has 0 unspecified atom stereocenters. The fourth-order valence-corrected chi connectivity index (χ4v) is 2.04. The van der Waals surface area contributed by atoms with Crippen LogP contribution in [0, 0.1) is 5.92 Å². The smallest absolute Gasteiger partial charge is 0.308 e. The molecule has 0 aromatic carbocycles. The number of carboxylic acid groups (broad SMARTS) is 1. The molecule has 18 heavy (non-hydrogen) atoms. The van der Waals surface area contributed by atoms with Crippen molar-refractivity contribution in [1.82, 2.24) is 9.88 Å². The summed E-state index contributed by atoms with van der Waals surface area (Å²) < 4.78 is 0. The van der Waals surface area contributed by atoms with Gasteiger partial charge >= 0.3 is 5.97 Å². The molecule has 5 heteroatoms. The summed E-state index contributed by atoms with van der Waals surface area (Å²) in [5.41, 5.74) is 1.95. The lowest BCUT2D eigenvalue weighted by Gasteiger charge is -2.15. The molecule has 2 rings (SSSR count). The average molecular weight is 248 g/mol. The van der Waals surface area contributed by atoms with Crippen molar-refractivity contribution < 1.29 is 14.7 Å². The Hall–Kier alpha value is -1.91. The lowest BCUT2D eigenvalue weighted by Crippen LogP contribution is -2.26. The molecule has 1 aromatic rings. The van der Waals surface area contributed by atoms with Gasteiger partial charge in [0.25, 0.3) is 0 Å². The van der Waals surface area contributed by atoms with E-state index in [-0.39, 0.29) is 18.9 Å². The lowest BCUT2D eigenvalue weighted by atomic mass is 10.1. The summed E-state index contributed by atoms with van der Waals surface area (Å²) in [6.07, 6.45) is 2.82. The van der Waals surface area contributed by atoms with Crippen LogP contribution in [0.2, 0.25) is 0 Å². The van der Waals surface area contributed by atoms with Crippen LogP contribution in [0.3, 0.4) is 0 Å². The van der Waals surface area contributed by atoms with Crippen molar-refractivity contribution in [3.63, 3.8) is 0 Å². The molecular weight excluding hydrogens is 232 g/mol. The summed E-state index contributed by atoms with van der Waals surface area (Å²) in [6.45, 7) is 2.73. The Morgan fingerprint density at radius 3 is 2.83 bits per heavy atom. The van der Waals surface area contributed by atoms with Crippen LogP contribution in [-0.4, -0.2) is 33.4 Å². The van der Waals surface area contributed by atoms with Crippen LogP contribution >= 0.6 is 0 Å². The zero-order chi connectivity index (χ0) is 13.1. The molecular formula is C13H16N2O3. The van der Waals surface area contributed by atoms with E-state index in [1.54, 1.807) is 11.1 Å². The monoisotopic (exact) mass is 248 g/mol. The van der Waals surface area contributed by atoms with Crippen molar-refractivity contribution in [2.45, 2.75) is 26.3 Å². The summed E-state index contributed by atoms with van der Waals surface area (Å²) in [4.78, 5) is 28.3. The number of pyridine rings is 1. The third kappa shape index (κ3) is 2.67. The van der Waals surface area contributed by atoms with Gasteiger partial charge < -0.3 is 10.0 Å². The average Bonchev–Trinajstić information content (AvgIpc) is 2.72. The lowest BCUT2D eigenvalue weighted by molar-refractivity contribution is -0.141. The number of aliphatic carboxylic acids is 1. The first-order valence-corrected chi connectivity index (χ1v) is 6.04. The zero-order valence-corrected chi connectivity index (χ0v) is 10.3. The maximum absolute atomic E-state index is 11.7. The fraction of sp³-hybridized carbons (Fsp3) is 0.462. The summed E-state index contributed by atoms with van der Waals surface area (Å²) in [6, 6.07) is 3.87. The standard InChI is InChI=1S/C13H16N2O3/c1-2-9-3-4-11(14-6-9)8-15-7-10(13(17)18)5-12(15)16/h3-4,6,10H,2,5,7-8H2,1H3,(H,17,18)/t10-/m1/s1. The fourth-order valence-electron chi connectivity index (χ4n) is 2.04. The molecule has 96 valence electrons. The number of carbonyl (C=O) groups excluding carboxylic acids is 1. The molecule has 5 nitrogen and oxygen atoms in total. The van der Waals surface area contributed by atoms with E-state index in [0.29, 0.717) is 6.54 Å². The molecule has 1 N–H and O–H groups in total. The minimum atomic E-state index is -0.903. The molecule has 0 spiro atoms. The second-order valence-corrected chi connectivity index (χ2v) is 4.52. The summed E-state index contributed by atoms with van der Waals surface area (Å²) >= 11 is 0. The number of rotatable bonds is 4.